The fraction of sp³-hybridized carbons (Fsp3) is 0.800. The van der Waals surface area contributed by atoms with Gasteiger partial charge in [-0.25, -0.2) is 0 Å². The van der Waals surface area contributed by atoms with E-state index in [9.17, 15) is 14.4 Å². The Kier molecular flexibility index (Phi) is 5.12. The standard InChI is InChI=1S/C15H24N4O4/c20-13-9-12(10-16-13)15(22)19-3-1-17(2-4-19)11-14(21)18-5-7-23-8-6-18/h12H,1-11H2,(H,16,20). The number of hydrogen-bond acceptors (Lipinski definition) is 5. The summed E-state index contributed by atoms with van der Waals surface area (Å²) in [6.07, 6.45) is 0.300. The van der Waals surface area contributed by atoms with Gasteiger partial charge in [-0.3, -0.25) is 19.3 Å². The average molecular weight is 324 g/mol. The Balaban J connectivity index is 1.42. The summed E-state index contributed by atoms with van der Waals surface area (Å²) in [6, 6.07) is 0. The Labute approximate surface area is 135 Å². The quantitative estimate of drug-likeness (QED) is 0.657. The summed E-state index contributed by atoms with van der Waals surface area (Å²) >= 11 is 0. The minimum atomic E-state index is -0.218. The number of nitrogens with zero attached hydrogens (tertiary/aromatic N) is 3. The molecular weight excluding hydrogens is 300 g/mol. The van der Waals surface area contributed by atoms with Crippen LogP contribution in [0.3, 0.4) is 0 Å². The molecule has 3 amide bonds. The molecule has 128 valence electrons. The number of hydrogen-bond donors (Lipinski definition) is 1. The highest BCUT2D eigenvalue weighted by Crippen LogP contribution is 2.14. The van der Waals surface area contributed by atoms with Crippen molar-refractivity contribution in [3.05, 3.63) is 0 Å². The van der Waals surface area contributed by atoms with Gasteiger partial charge < -0.3 is 19.9 Å². The molecule has 23 heavy (non-hydrogen) atoms. The van der Waals surface area contributed by atoms with E-state index in [1.807, 2.05) is 9.80 Å². The first-order chi connectivity index (χ1) is 11.1. The molecule has 0 aromatic rings. The maximum atomic E-state index is 12.3. The van der Waals surface area contributed by atoms with E-state index in [2.05, 4.69) is 10.2 Å². The van der Waals surface area contributed by atoms with Gasteiger partial charge in [0.05, 0.1) is 25.7 Å². The van der Waals surface area contributed by atoms with Crippen LogP contribution in [-0.4, -0.2) is 98.0 Å². The highest BCUT2D eigenvalue weighted by molar-refractivity contribution is 5.89. The zero-order chi connectivity index (χ0) is 16.2. The van der Waals surface area contributed by atoms with E-state index >= 15 is 0 Å². The lowest BCUT2D eigenvalue weighted by Gasteiger charge is -2.36. The molecule has 1 unspecified atom stereocenters. The third-order valence-electron chi connectivity index (χ3n) is 4.73. The van der Waals surface area contributed by atoms with Gasteiger partial charge in [0.1, 0.15) is 0 Å². The summed E-state index contributed by atoms with van der Waals surface area (Å²) in [7, 11) is 0. The Hall–Kier alpha value is -1.67. The largest absolute Gasteiger partial charge is 0.378 e. The van der Waals surface area contributed by atoms with Crippen molar-refractivity contribution in [2.45, 2.75) is 6.42 Å². The number of amides is 3. The third kappa shape index (κ3) is 4.00. The molecular formula is C15H24N4O4. The molecule has 0 aromatic carbocycles. The molecule has 1 N–H and O–H groups in total. The van der Waals surface area contributed by atoms with Crippen LogP contribution in [0, 0.1) is 5.92 Å². The summed E-state index contributed by atoms with van der Waals surface area (Å²) in [5.74, 6) is -0.0664. The van der Waals surface area contributed by atoms with Gasteiger partial charge in [-0.15, -0.1) is 0 Å². The number of carbonyl (C=O) groups is 3. The summed E-state index contributed by atoms with van der Waals surface area (Å²) < 4.78 is 5.26. The van der Waals surface area contributed by atoms with E-state index in [0.717, 1.165) is 0 Å². The molecule has 3 aliphatic rings. The highest BCUT2D eigenvalue weighted by atomic mass is 16.5. The number of nitrogens with one attached hydrogen (secondary N) is 1. The maximum Gasteiger partial charge on any atom is 0.236 e. The zero-order valence-electron chi connectivity index (χ0n) is 13.3. The Morgan fingerprint density at radius 2 is 1.74 bits per heavy atom. The highest BCUT2D eigenvalue weighted by Gasteiger charge is 2.33. The van der Waals surface area contributed by atoms with Crippen LogP contribution < -0.4 is 5.32 Å². The fourth-order valence-corrected chi connectivity index (χ4v) is 3.27. The van der Waals surface area contributed by atoms with Crippen molar-refractivity contribution in [3.63, 3.8) is 0 Å². The van der Waals surface area contributed by atoms with Crippen molar-refractivity contribution in [1.29, 1.82) is 0 Å². The Bertz CT molecular complexity index is 470. The maximum absolute atomic E-state index is 12.3. The van der Waals surface area contributed by atoms with E-state index < -0.39 is 0 Å². The Morgan fingerprint density at radius 3 is 2.35 bits per heavy atom. The zero-order valence-corrected chi connectivity index (χ0v) is 13.3. The van der Waals surface area contributed by atoms with Crippen LogP contribution in [0.4, 0.5) is 0 Å². The van der Waals surface area contributed by atoms with Gasteiger partial charge in [0.15, 0.2) is 0 Å². The van der Waals surface area contributed by atoms with E-state index in [1.54, 1.807) is 0 Å². The lowest BCUT2D eigenvalue weighted by molar-refractivity contribution is -0.139. The molecule has 0 bridgehead atoms. The topological polar surface area (TPSA) is 82.2 Å². The summed E-state index contributed by atoms with van der Waals surface area (Å²) in [6.45, 7) is 6.08. The second kappa shape index (κ2) is 7.27. The van der Waals surface area contributed by atoms with Crippen molar-refractivity contribution in [3.8, 4) is 0 Å². The molecule has 0 radical (unpaired) electrons. The molecule has 3 rings (SSSR count). The second-order valence-electron chi connectivity index (χ2n) is 6.30. The molecule has 8 nitrogen and oxygen atoms in total. The number of piperazine rings is 1. The fourth-order valence-electron chi connectivity index (χ4n) is 3.27. The van der Waals surface area contributed by atoms with E-state index in [0.29, 0.717) is 72.0 Å². The second-order valence-corrected chi connectivity index (χ2v) is 6.30. The first kappa shape index (κ1) is 16.2. The van der Waals surface area contributed by atoms with Crippen LogP contribution in [0.2, 0.25) is 0 Å². The van der Waals surface area contributed by atoms with Crippen molar-refractivity contribution in [1.82, 2.24) is 20.0 Å². The number of carbonyl (C=O) groups excluding carboxylic acids is 3. The monoisotopic (exact) mass is 324 g/mol. The van der Waals surface area contributed by atoms with E-state index in [-0.39, 0.29) is 23.6 Å². The van der Waals surface area contributed by atoms with Crippen LogP contribution in [0.5, 0.6) is 0 Å². The average Bonchev–Trinajstić information content (AvgIpc) is 3.02. The van der Waals surface area contributed by atoms with Crippen molar-refractivity contribution in [2.75, 3.05) is 65.6 Å². The van der Waals surface area contributed by atoms with Crippen LogP contribution in [0.1, 0.15) is 6.42 Å². The van der Waals surface area contributed by atoms with E-state index in [4.69, 9.17) is 4.74 Å². The summed E-state index contributed by atoms with van der Waals surface area (Å²) in [5, 5.41) is 2.70. The summed E-state index contributed by atoms with van der Waals surface area (Å²) in [5.41, 5.74) is 0. The van der Waals surface area contributed by atoms with Gasteiger partial charge >= 0.3 is 0 Å². The smallest absolute Gasteiger partial charge is 0.236 e. The minimum Gasteiger partial charge on any atom is -0.378 e. The van der Waals surface area contributed by atoms with Gasteiger partial charge in [-0.05, 0) is 0 Å². The lowest BCUT2D eigenvalue weighted by atomic mass is 10.1. The normalized spacial score (nSPS) is 26.3. The first-order valence-electron chi connectivity index (χ1n) is 8.27. The molecule has 3 heterocycles. The number of ether oxygens (including phenoxy) is 1. The van der Waals surface area contributed by atoms with Gasteiger partial charge in [0.25, 0.3) is 0 Å². The van der Waals surface area contributed by atoms with Crippen LogP contribution >= 0.6 is 0 Å². The molecule has 3 aliphatic heterocycles. The number of morpholine rings is 1. The van der Waals surface area contributed by atoms with Crippen LogP contribution in [0.15, 0.2) is 0 Å². The van der Waals surface area contributed by atoms with Crippen LogP contribution in [-0.2, 0) is 19.1 Å². The van der Waals surface area contributed by atoms with Gasteiger partial charge in [0.2, 0.25) is 17.7 Å². The SMILES string of the molecule is O=C1CC(C(=O)N2CCN(CC(=O)N3CCOCC3)CC2)CN1. The number of rotatable bonds is 3. The molecule has 3 fully saturated rings. The minimum absolute atomic E-state index is 0.0434. The molecule has 8 heteroatoms. The Morgan fingerprint density at radius 1 is 1.04 bits per heavy atom. The third-order valence-corrected chi connectivity index (χ3v) is 4.73. The predicted molar refractivity (Wildman–Crippen MR) is 81.5 cm³/mol. The lowest BCUT2D eigenvalue weighted by Crippen LogP contribution is -2.53. The molecule has 0 spiro atoms. The predicted octanol–water partition coefficient (Wildman–Crippen LogP) is -1.87. The van der Waals surface area contributed by atoms with Crippen LogP contribution in [0.25, 0.3) is 0 Å². The molecule has 0 aromatic heterocycles. The van der Waals surface area contributed by atoms with Crippen molar-refractivity contribution < 1.29 is 19.1 Å². The first-order valence-corrected chi connectivity index (χ1v) is 8.27. The molecule has 0 saturated carbocycles. The van der Waals surface area contributed by atoms with Gasteiger partial charge in [-0.2, -0.15) is 0 Å². The summed E-state index contributed by atoms with van der Waals surface area (Å²) in [4.78, 5) is 41.6. The van der Waals surface area contributed by atoms with Gasteiger partial charge in [0, 0.05) is 52.2 Å². The van der Waals surface area contributed by atoms with Crippen molar-refractivity contribution in [2.24, 2.45) is 5.92 Å². The molecule has 0 aliphatic carbocycles. The van der Waals surface area contributed by atoms with Gasteiger partial charge in [-0.1, -0.05) is 0 Å². The van der Waals surface area contributed by atoms with E-state index in [1.165, 1.54) is 0 Å². The molecule has 3 saturated heterocycles. The molecule has 1 atom stereocenters. The van der Waals surface area contributed by atoms with Crippen molar-refractivity contribution >= 4 is 17.7 Å².